The van der Waals surface area contributed by atoms with Gasteiger partial charge in [0.05, 0.1) is 12.7 Å². The van der Waals surface area contributed by atoms with Crippen molar-refractivity contribution in [1.29, 1.82) is 0 Å². The normalized spacial score (nSPS) is 10.8. The van der Waals surface area contributed by atoms with E-state index in [9.17, 15) is 4.79 Å². The van der Waals surface area contributed by atoms with Crippen molar-refractivity contribution in [1.82, 2.24) is 9.78 Å². The molecular weight excluding hydrogens is 376 g/mol. The summed E-state index contributed by atoms with van der Waals surface area (Å²) in [5.41, 5.74) is 4.54. The molecule has 0 atom stereocenters. The molecule has 0 bridgehead atoms. The topological polar surface area (TPSA) is 64.3 Å². The fraction of sp³-hybridized carbons (Fsp3) is 0.120. The van der Waals surface area contributed by atoms with Gasteiger partial charge in [-0.05, 0) is 28.8 Å². The second-order valence-corrected chi connectivity index (χ2v) is 7.06. The van der Waals surface area contributed by atoms with Crippen LogP contribution in [-0.2, 0) is 11.3 Å². The van der Waals surface area contributed by atoms with Gasteiger partial charge in [-0.1, -0.05) is 72.8 Å². The van der Waals surface area contributed by atoms with Crippen LogP contribution in [0.25, 0.3) is 0 Å². The van der Waals surface area contributed by atoms with E-state index in [-0.39, 0.29) is 12.5 Å². The number of hydrogen-bond acceptors (Lipinski definition) is 3. The maximum Gasteiger partial charge on any atom is 0.341 e. The van der Waals surface area contributed by atoms with Crippen LogP contribution in [0.1, 0.15) is 28.2 Å². The molecule has 0 amide bonds. The van der Waals surface area contributed by atoms with E-state index in [1.807, 2.05) is 41.2 Å². The number of aromatic nitrogens is 2. The van der Waals surface area contributed by atoms with E-state index in [0.29, 0.717) is 12.3 Å². The minimum absolute atomic E-state index is 0.103. The third kappa shape index (κ3) is 4.75. The highest BCUT2D eigenvalue weighted by Crippen LogP contribution is 2.31. The van der Waals surface area contributed by atoms with E-state index in [1.165, 1.54) is 11.1 Å². The summed E-state index contributed by atoms with van der Waals surface area (Å²) in [7, 11) is 0. The highest BCUT2D eigenvalue weighted by atomic mass is 16.5. The second kappa shape index (κ2) is 9.09. The van der Waals surface area contributed by atoms with Crippen molar-refractivity contribution in [2.24, 2.45) is 0 Å². The molecule has 3 aromatic carbocycles. The zero-order valence-corrected chi connectivity index (χ0v) is 16.4. The number of nitrogens with zero attached hydrogens (tertiary/aromatic N) is 2. The fourth-order valence-electron chi connectivity index (χ4n) is 3.55. The monoisotopic (exact) mass is 398 g/mol. The molecule has 1 aromatic heterocycles. The van der Waals surface area contributed by atoms with Gasteiger partial charge in [0.25, 0.3) is 0 Å². The van der Waals surface area contributed by atoms with Gasteiger partial charge in [0.2, 0.25) is 0 Å². The summed E-state index contributed by atoms with van der Waals surface area (Å²) < 4.78 is 7.17. The highest BCUT2D eigenvalue weighted by molar-refractivity contribution is 5.68. The van der Waals surface area contributed by atoms with Gasteiger partial charge >= 0.3 is 5.97 Å². The molecular formula is C25H22N2O3. The first-order valence-corrected chi connectivity index (χ1v) is 9.75. The lowest BCUT2D eigenvalue weighted by Crippen LogP contribution is -2.09. The van der Waals surface area contributed by atoms with Crippen LogP contribution in [0.15, 0.2) is 97.3 Å². The first-order valence-electron chi connectivity index (χ1n) is 9.75. The van der Waals surface area contributed by atoms with Gasteiger partial charge in [-0.25, -0.2) is 4.79 Å². The molecule has 0 saturated carbocycles. The van der Waals surface area contributed by atoms with Crippen LogP contribution in [0.2, 0.25) is 0 Å². The zero-order chi connectivity index (χ0) is 20.8. The number of rotatable bonds is 8. The van der Waals surface area contributed by atoms with Crippen molar-refractivity contribution in [3.63, 3.8) is 0 Å². The fourth-order valence-corrected chi connectivity index (χ4v) is 3.55. The van der Waals surface area contributed by atoms with Crippen LogP contribution in [0, 0.1) is 0 Å². The van der Waals surface area contributed by atoms with Gasteiger partial charge in [0, 0.05) is 17.7 Å². The summed E-state index contributed by atoms with van der Waals surface area (Å²) >= 11 is 0. The Bertz CT molecular complexity index is 1070. The molecule has 0 saturated heterocycles. The zero-order valence-electron chi connectivity index (χ0n) is 16.4. The Morgan fingerprint density at radius 1 is 0.900 bits per heavy atom. The lowest BCUT2D eigenvalue weighted by Gasteiger charge is -2.16. The molecule has 1 heterocycles. The molecule has 30 heavy (non-hydrogen) atoms. The van der Waals surface area contributed by atoms with Gasteiger partial charge in [0.1, 0.15) is 5.75 Å². The molecule has 0 unspecified atom stereocenters. The number of hydrogen-bond donors (Lipinski definition) is 1. The van der Waals surface area contributed by atoms with Crippen molar-refractivity contribution in [3.8, 4) is 5.75 Å². The lowest BCUT2D eigenvalue weighted by molar-refractivity contribution is -0.139. The molecule has 0 radical (unpaired) electrons. The summed E-state index contributed by atoms with van der Waals surface area (Å²) in [6, 6.07) is 28.2. The van der Waals surface area contributed by atoms with E-state index in [1.54, 1.807) is 6.07 Å². The molecule has 5 heteroatoms. The van der Waals surface area contributed by atoms with Crippen molar-refractivity contribution in [2.75, 3.05) is 6.61 Å². The Morgan fingerprint density at radius 3 is 2.20 bits per heavy atom. The number of carbonyl (C=O) groups is 1. The van der Waals surface area contributed by atoms with Gasteiger partial charge in [-0.2, -0.15) is 5.10 Å². The first-order chi connectivity index (χ1) is 14.7. The molecule has 0 aliphatic carbocycles. The minimum Gasteiger partial charge on any atom is -0.482 e. The van der Waals surface area contributed by atoms with Crippen LogP contribution in [-0.4, -0.2) is 27.5 Å². The van der Waals surface area contributed by atoms with Gasteiger partial charge in [-0.15, -0.1) is 0 Å². The summed E-state index contributed by atoms with van der Waals surface area (Å²) in [6.45, 7) is 0.214. The third-order valence-electron chi connectivity index (χ3n) is 4.86. The van der Waals surface area contributed by atoms with Crippen LogP contribution in [0.4, 0.5) is 0 Å². The predicted molar refractivity (Wildman–Crippen MR) is 115 cm³/mol. The summed E-state index contributed by atoms with van der Waals surface area (Å²) in [5, 5.41) is 13.4. The summed E-state index contributed by atoms with van der Waals surface area (Å²) in [4.78, 5) is 10.7. The standard InChI is InChI=1S/C25H22N2O3/c28-24(29)18-30-23-13-7-8-19(14-23)16-27-17-22(15-26-27)25(20-9-3-1-4-10-20)21-11-5-2-6-12-21/h1-15,17,25H,16,18H2,(H,28,29). The smallest absolute Gasteiger partial charge is 0.341 e. The maximum absolute atomic E-state index is 10.7. The van der Waals surface area contributed by atoms with E-state index >= 15 is 0 Å². The molecule has 4 aromatic rings. The van der Waals surface area contributed by atoms with Gasteiger partial charge < -0.3 is 9.84 Å². The number of aliphatic carboxylic acids is 1. The maximum atomic E-state index is 10.7. The Morgan fingerprint density at radius 2 is 1.57 bits per heavy atom. The molecule has 0 fully saturated rings. The largest absolute Gasteiger partial charge is 0.482 e. The molecule has 150 valence electrons. The predicted octanol–water partition coefficient (Wildman–Crippen LogP) is 4.58. The quantitative estimate of drug-likeness (QED) is 0.472. The minimum atomic E-state index is -0.995. The summed E-state index contributed by atoms with van der Waals surface area (Å²) in [6.07, 6.45) is 3.98. The van der Waals surface area contributed by atoms with Crippen molar-refractivity contribution in [2.45, 2.75) is 12.5 Å². The number of carboxylic acid groups (broad SMARTS) is 1. The average molecular weight is 398 g/mol. The van der Waals surface area contributed by atoms with Crippen LogP contribution < -0.4 is 4.74 Å². The second-order valence-electron chi connectivity index (χ2n) is 7.06. The lowest BCUT2D eigenvalue weighted by atomic mass is 9.87. The molecule has 0 spiro atoms. The SMILES string of the molecule is O=C(O)COc1cccc(Cn2cc(C(c3ccccc3)c3ccccc3)cn2)c1. The van der Waals surface area contributed by atoms with Gasteiger partial charge in [-0.3, -0.25) is 4.68 Å². The Labute approximate surface area is 175 Å². The summed E-state index contributed by atoms with van der Waals surface area (Å²) in [5.74, 6) is -0.356. The number of benzene rings is 3. The van der Waals surface area contributed by atoms with Crippen molar-refractivity contribution >= 4 is 5.97 Å². The van der Waals surface area contributed by atoms with Crippen molar-refractivity contribution in [3.05, 3.63) is 120 Å². The van der Waals surface area contributed by atoms with E-state index in [0.717, 1.165) is 11.1 Å². The first kappa shape index (κ1) is 19.5. The molecule has 0 aliphatic rings. The Hall–Kier alpha value is -3.86. The van der Waals surface area contributed by atoms with E-state index in [2.05, 4.69) is 59.8 Å². The number of ether oxygens (including phenoxy) is 1. The third-order valence-corrected chi connectivity index (χ3v) is 4.86. The van der Waals surface area contributed by atoms with Gasteiger partial charge in [0.15, 0.2) is 6.61 Å². The number of carboxylic acids is 1. The molecule has 0 aliphatic heterocycles. The molecule has 1 N–H and O–H groups in total. The Balaban J connectivity index is 1.58. The van der Waals surface area contributed by atoms with Crippen LogP contribution in [0.5, 0.6) is 5.75 Å². The van der Waals surface area contributed by atoms with Crippen molar-refractivity contribution < 1.29 is 14.6 Å². The average Bonchev–Trinajstić information content (AvgIpc) is 3.22. The molecule has 5 nitrogen and oxygen atoms in total. The van der Waals surface area contributed by atoms with Crippen LogP contribution >= 0.6 is 0 Å². The molecule has 4 rings (SSSR count). The Kier molecular flexibility index (Phi) is 5.90. The highest BCUT2D eigenvalue weighted by Gasteiger charge is 2.18. The van der Waals surface area contributed by atoms with E-state index in [4.69, 9.17) is 9.84 Å². The van der Waals surface area contributed by atoms with Crippen LogP contribution in [0.3, 0.4) is 0 Å². The van der Waals surface area contributed by atoms with E-state index < -0.39 is 5.97 Å².